The molecule has 1 atom stereocenters. The number of para-hydroxylation sites is 1. The molecule has 4 rings (SSSR count). The summed E-state index contributed by atoms with van der Waals surface area (Å²) in [5.74, 6) is -0.410. The van der Waals surface area contributed by atoms with Gasteiger partial charge in [-0.15, -0.1) is 12.4 Å². The maximum Gasteiger partial charge on any atom is 0.243 e. The third-order valence-corrected chi connectivity index (χ3v) is 4.88. The first-order valence-corrected chi connectivity index (χ1v) is 8.46. The van der Waals surface area contributed by atoms with Crippen molar-refractivity contribution in [3.8, 4) is 0 Å². The molecule has 0 aliphatic carbocycles. The van der Waals surface area contributed by atoms with Crippen LogP contribution in [0.3, 0.4) is 0 Å². The molecule has 0 radical (unpaired) electrons. The zero-order valence-electron chi connectivity index (χ0n) is 15.1. The average Bonchev–Trinajstić information content (AvgIpc) is 2.93. The number of hydrogen-bond donors (Lipinski definition) is 3. The second kappa shape index (κ2) is 7.15. The quantitative estimate of drug-likeness (QED) is 0.506. The van der Waals surface area contributed by atoms with E-state index in [0.717, 1.165) is 38.4 Å². The lowest BCUT2D eigenvalue weighted by atomic mass is 10.0. The fraction of sp³-hybridized carbons (Fsp3) is 0.200. The van der Waals surface area contributed by atoms with Gasteiger partial charge in [-0.25, -0.2) is 4.98 Å². The number of fused-ring (bicyclic) bond motifs is 4. The number of benzene rings is 2. The number of carbonyl (C=O) groups excluding carboxylic acids is 1. The van der Waals surface area contributed by atoms with Crippen LogP contribution < -0.4 is 11.1 Å². The lowest BCUT2D eigenvalue weighted by Gasteiger charge is -2.10. The molecule has 4 N–H and O–H groups in total. The summed E-state index contributed by atoms with van der Waals surface area (Å²) in [5.41, 5.74) is 10.3. The molecule has 0 fully saturated rings. The smallest absolute Gasteiger partial charge is 0.243 e. The Hall–Kier alpha value is -2.67. The summed E-state index contributed by atoms with van der Waals surface area (Å²) in [5, 5.41) is 15.0. The molecular formula is C20H21ClN4O2. The van der Waals surface area contributed by atoms with Crippen LogP contribution in [0, 0.1) is 6.92 Å². The Balaban J connectivity index is 0.00000210. The van der Waals surface area contributed by atoms with Crippen LogP contribution in [0.5, 0.6) is 0 Å². The summed E-state index contributed by atoms with van der Waals surface area (Å²) in [6.07, 6.45) is 0. The molecule has 2 heterocycles. The zero-order chi connectivity index (χ0) is 18.4. The maximum atomic E-state index is 12.0. The number of aliphatic hydroxyl groups excluding tert-OH is 1. The zero-order valence-corrected chi connectivity index (χ0v) is 15.9. The molecule has 0 saturated carbocycles. The molecule has 27 heavy (non-hydrogen) atoms. The molecule has 0 spiro atoms. The predicted octanol–water partition coefficient (Wildman–Crippen LogP) is 2.87. The molecule has 0 saturated heterocycles. The lowest BCUT2D eigenvalue weighted by Crippen LogP contribution is -2.38. The number of halogens is 1. The number of aromatic nitrogens is 2. The lowest BCUT2D eigenvalue weighted by molar-refractivity contribution is -0.118. The van der Waals surface area contributed by atoms with E-state index in [2.05, 4.69) is 22.9 Å². The highest BCUT2D eigenvalue weighted by Crippen LogP contribution is 2.34. The number of rotatable bonds is 3. The number of pyridine rings is 1. The normalized spacial score (nSPS) is 12.3. The van der Waals surface area contributed by atoms with E-state index < -0.39 is 18.6 Å². The number of hydrogen-bond acceptors (Lipinski definition) is 4. The molecule has 0 aliphatic heterocycles. The number of carbonyl (C=O) groups is 1. The number of nitrogens with two attached hydrogens (primary N) is 1. The number of nitrogens with zero attached hydrogens (tertiary/aromatic N) is 2. The molecule has 2 aromatic carbocycles. The van der Waals surface area contributed by atoms with Crippen LogP contribution in [0.2, 0.25) is 0 Å². The Labute approximate surface area is 162 Å². The van der Waals surface area contributed by atoms with Crippen molar-refractivity contribution in [2.75, 3.05) is 11.9 Å². The van der Waals surface area contributed by atoms with Crippen molar-refractivity contribution in [1.29, 1.82) is 0 Å². The highest BCUT2D eigenvalue weighted by atomic mass is 35.5. The molecule has 0 bridgehead atoms. The van der Waals surface area contributed by atoms with E-state index in [-0.39, 0.29) is 12.4 Å². The van der Waals surface area contributed by atoms with Crippen molar-refractivity contribution in [1.82, 2.24) is 9.55 Å². The van der Waals surface area contributed by atoms with Gasteiger partial charge in [0.15, 0.2) is 0 Å². The predicted molar refractivity (Wildman–Crippen MR) is 111 cm³/mol. The van der Waals surface area contributed by atoms with E-state index in [9.17, 15) is 4.79 Å². The van der Waals surface area contributed by atoms with Gasteiger partial charge in [0.2, 0.25) is 5.91 Å². The third-order valence-electron chi connectivity index (χ3n) is 4.88. The summed E-state index contributed by atoms with van der Waals surface area (Å²) < 4.78 is 2.06. The highest BCUT2D eigenvalue weighted by Gasteiger charge is 2.16. The number of anilines is 1. The summed E-state index contributed by atoms with van der Waals surface area (Å²) in [4.78, 5) is 16.8. The van der Waals surface area contributed by atoms with Gasteiger partial charge in [-0.2, -0.15) is 0 Å². The summed E-state index contributed by atoms with van der Waals surface area (Å²) >= 11 is 0. The van der Waals surface area contributed by atoms with Crippen LogP contribution in [0.1, 0.15) is 5.56 Å². The van der Waals surface area contributed by atoms with Gasteiger partial charge in [-0.3, -0.25) is 4.79 Å². The van der Waals surface area contributed by atoms with Gasteiger partial charge < -0.3 is 20.7 Å². The number of nitrogens with one attached hydrogen (secondary N) is 1. The van der Waals surface area contributed by atoms with Crippen LogP contribution in [0.15, 0.2) is 42.5 Å². The Morgan fingerprint density at radius 1 is 1.26 bits per heavy atom. The first-order valence-electron chi connectivity index (χ1n) is 8.46. The van der Waals surface area contributed by atoms with Gasteiger partial charge in [0.25, 0.3) is 0 Å². The first-order chi connectivity index (χ1) is 12.5. The van der Waals surface area contributed by atoms with E-state index in [0.29, 0.717) is 5.69 Å². The fourth-order valence-corrected chi connectivity index (χ4v) is 3.46. The molecule has 2 aromatic heterocycles. The Bertz CT molecular complexity index is 1170. The van der Waals surface area contributed by atoms with Crippen LogP contribution >= 0.6 is 12.4 Å². The molecule has 0 aliphatic rings. The van der Waals surface area contributed by atoms with E-state index in [1.54, 1.807) is 0 Å². The van der Waals surface area contributed by atoms with E-state index in [4.69, 9.17) is 15.8 Å². The molecule has 4 aromatic rings. The van der Waals surface area contributed by atoms with Crippen molar-refractivity contribution < 1.29 is 9.90 Å². The second-order valence-corrected chi connectivity index (χ2v) is 6.52. The summed E-state index contributed by atoms with van der Waals surface area (Å²) in [6.45, 7) is 1.70. The average molecular weight is 385 g/mol. The second-order valence-electron chi connectivity index (χ2n) is 6.52. The van der Waals surface area contributed by atoms with Crippen LogP contribution in [-0.2, 0) is 11.8 Å². The monoisotopic (exact) mass is 384 g/mol. The molecular weight excluding hydrogens is 364 g/mol. The summed E-state index contributed by atoms with van der Waals surface area (Å²) in [6, 6.07) is 12.9. The van der Waals surface area contributed by atoms with Gasteiger partial charge in [0.1, 0.15) is 11.7 Å². The van der Waals surface area contributed by atoms with E-state index in [1.807, 2.05) is 43.4 Å². The third kappa shape index (κ3) is 3.02. The van der Waals surface area contributed by atoms with Crippen LogP contribution in [0.4, 0.5) is 5.69 Å². The first kappa shape index (κ1) is 19.1. The van der Waals surface area contributed by atoms with Gasteiger partial charge >= 0.3 is 0 Å². The van der Waals surface area contributed by atoms with Gasteiger partial charge in [0.05, 0.1) is 17.6 Å². The van der Waals surface area contributed by atoms with E-state index in [1.165, 1.54) is 0 Å². The largest absolute Gasteiger partial charge is 0.394 e. The highest BCUT2D eigenvalue weighted by molar-refractivity contribution is 6.13. The number of aliphatic hydroxyl groups is 1. The Morgan fingerprint density at radius 2 is 2.00 bits per heavy atom. The minimum absolute atomic E-state index is 0. The Kier molecular flexibility index (Phi) is 5.06. The minimum Gasteiger partial charge on any atom is -0.394 e. The van der Waals surface area contributed by atoms with Crippen LogP contribution in [0.25, 0.3) is 32.8 Å². The molecule has 1 amide bonds. The molecule has 0 unspecified atom stereocenters. The minimum atomic E-state index is -0.939. The summed E-state index contributed by atoms with van der Waals surface area (Å²) in [7, 11) is 1.99. The van der Waals surface area contributed by atoms with Crippen molar-refractivity contribution >= 4 is 56.8 Å². The Morgan fingerprint density at radius 3 is 2.74 bits per heavy atom. The van der Waals surface area contributed by atoms with Gasteiger partial charge in [0, 0.05) is 28.9 Å². The maximum absolute atomic E-state index is 12.0. The van der Waals surface area contributed by atoms with E-state index >= 15 is 0 Å². The van der Waals surface area contributed by atoms with Crippen LogP contribution in [-0.4, -0.2) is 33.2 Å². The van der Waals surface area contributed by atoms with Gasteiger partial charge in [-0.1, -0.05) is 18.2 Å². The van der Waals surface area contributed by atoms with Crippen molar-refractivity contribution in [3.63, 3.8) is 0 Å². The molecule has 6 nitrogen and oxygen atoms in total. The van der Waals surface area contributed by atoms with Gasteiger partial charge in [-0.05, 0) is 36.8 Å². The standard InChI is InChI=1S/C20H20N4O2.ClH/c1-11-13-5-3-4-6-16(13)23-19-18(11)14-9-12(7-8-17(14)24(19)2)22-20(26)15(21)10-25;/h3-9,15,25H,10,21H2,1-2H3,(H,22,26);1H/t15-;/m0./s1. The number of amides is 1. The fourth-order valence-electron chi connectivity index (χ4n) is 3.46. The van der Waals surface area contributed by atoms with Crippen molar-refractivity contribution in [3.05, 3.63) is 48.0 Å². The van der Waals surface area contributed by atoms with Crippen molar-refractivity contribution in [2.45, 2.75) is 13.0 Å². The molecule has 7 heteroatoms. The SMILES string of the molecule is Cc1c2ccccc2nc2c1c1cc(NC(=O)[C@@H](N)CO)ccc1n2C.Cl. The topological polar surface area (TPSA) is 93.2 Å². The van der Waals surface area contributed by atoms with Crippen molar-refractivity contribution in [2.24, 2.45) is 12.8 Å². The number of aryl methyl sites for hydroxylation is 2. The molecule has 140 valence electrons.